The fraction of sp³-hybridized carbons (Fsp3) is 0.700. The molecule has 28 heavy (non-hydrogen) atoms. The molecule has 1 aliphatic carbocycles. The third-order valence-electron chi connectivity index (χ3n) is 5.39. The van der Waals surface area contributed by atoms with Gasteiger partial charge in [0.05, 0.1) is 23.0 Å². The number of fused-ring (bicyclic) bond motifs is 1. The molecule has 0 radical (unpaired) electrons. The van der Waals surface area contributed by atoms with E-state index >= 15 is 0 Å². The Kier molecular flexibility index (Phi) is 5.92. The Balaban J connectivity index is 1.90. The fourth-order valence-electron chi connectivity index (χ4n) is 3.85. The molecular weight excluding hydrogens is 398 g/mol. The summed E-state index contributed by atoms with van der Waals surface area (Å²) in [6.07, 6.45) is 4.14. The summed E-state index contributed by atoms with van der Waals surface area (Å²) in [5.74, 6) is -0.793. The molecule has 0 bridgehead atoms. The molecule has 1 aromatic heterocycles. The Morgan fingerprint density at radius 2 is 1.96 bits per heavy atom. The molecule has 8 heteroatoms. The number of carbonyl (C=O) groups excluding carboxylic acids is 2. The van der Waals surface area contributed by atoms with E-state index in [0.29, 0.717) is 22.9 Å². The highest BCUT2D eigenvalue weighted by Gasteiger charge is 2.36. The summed E-state index contributed by atoms with van der Waals surface area (Å²) < 4.78 is 29.0. The Hall–Kier alpha value is -1.41. The van der Waals surface area contributed by atoms with Crippen LogP contribution in [0.2, 0.25) is 0 Å². The van der Waals surface area contributed by atoms with Crippen molar-refractivity contribution in [1.82, 2.24) is 0 Å². The van der Waals surface area contributed by atoms with Crippen molar-refractivity contribution in [3.63, 3.8) is 0 Å². The third-order valence-corrected chi connectivity index (χ3v) is 8.33. The number of esters is 1. The highest BCUT2D eigenvalue weighted by Crippen LogP contribution is 2.41. The predicted octanol–water partition coefficient (Wildman–Crippen LogP) is 3.59. The second-order valence-corrected chi connectivity index (χ2v) is 12.1. The van der Waals surface area contributed by atoms with E-state index in [-0.39, 0.29) is 17.4 Å². The largest absolute Gasteiger partial charge is 0.456 e. The monoisotopic (exact) mass is 427 g/mol. The maximum atomic E-state index is 12.9. The van der Waals surface area contributed by atoms with Crippen LogP contribution in [0.15, 0.2) is 0 Å². The SMILES string of the molecule is CCC1CCc2c(sc(NC(=O)C3CCS(=O)(=O)C3)c2C(=O)OC(C)(C)C)C1. The average molecular weight is 428 g/mol. The number of amides is 1. The lowest BCUT2D eigenvalue weighted by Gasteiger charge is -2.23. The molecule has 6 nitrogen and oxygen atoms in total. The van der Waals surface area contributed by atoms with E-state index in [4.69, 9.17) is 4.74 Å². The standard InChI is InChI=1S/C20H29NO5S2/c1-5-12-6-7-14-15(10-12)27-18(16(14)19(23)26-20(2,3)4)21-17(22)13-8-9-28(24,25)11-13/h12-13H,5-11H2,1-4H3,(H,21,22). The van der Waals surface area contributed by atoms with Gasteiger partial charge in [-0.15, -0.1) is 11.3 Å². The molecule has 0 spiro atoms. The quantitative estimate of drug-likeness (QED) is 0.742. The van der Waals surface area contributed by atoms with Crippen LogP contribution in [0.4, 0.5) is 5.00 Å². The zero-order chi connectivity index (χ0) is 20.7. The van der Waals surface area contributed by atoms with Gasteiger partial charge in [-0.25, -0.2) is 13.2 Å². The van der Waals surface area contributed by atoms with Gasteiger partial charge in [0.15, 0.2) is 9.84 Å². The van der Waals surface area contributed by atoms with Crippen LogP contribution in [-0.4, -0.2) is 37.4 Å². The first-order chi connectivity index (χ1) is 13.0. The van der Waals surface area contributed by atoms with Crippen LogP contribution in [0, 0.1) is 11.8 Å². The Bertz CT molecular complexity index is 879. The summed E-state index contributed by atoms with van der Waals surface area (Å²) in [7, 11) is -3.15. The Morgan fingerprint density at radius 3 is 2.54 bits per heavy atom. The van der Waals surface area contributed by atoms with Gasteiger partial charge in [-0.05, 0) is 57.9 Å². The van der Waals surface area contributed by atoms with E-state index in [9.17, 15) is 18.0 Å². The van der Waals surface area contributed by atoms with E-state index < -0.39 is 27.3 Å². The fourth-order valence-corrected chi connectivity index (χ4v) is 6.95. The first-order valence-electron chi connectivity index (χ1n) is 9.88. The van der Waals surface area contributed by atoms with Crippen LogP contribution >= 0.6 is 11.3 Å². The number of nitrogens with one attached hydrogen (secondary N) is 1. The van der Waals surface area contributed by atoms with Crippen molar-refractivity contribution >= 4 is 38.1 Å². The summed E-state index contributed by atoms with van der Waals surface area (Å²) in [5, 5.41) is 3.37. The molecule has 1 N–H and O–H groups in total. The second-order valence-electron chi connectivity index (χ2n) is 8.82. The average Bonchev–Trinajstić information content (AvgIpc) is 3.11. The molecule has 3 rings (SSSR count). The molecule has 2 heterocycles. The molecule has 2 aliphatic rings. The lowest BCUT2D eigenvalue weighted by atomic mass is 9.85. The molecule has 0 saturated carbocycles. The first kappa shape index (κ1) is 21.3. The zero-order valence-corrected chi connectivity index (χ0v) is 18.6. The number of rotatable bonds is 4. The predicted molar refractivity (Wildman–Crippen MR) is 111 cm³/mol. The van der Waals surface area contributed by atoms with Crippen molar-refractivity contribution in [3.8, 4) is 0 Å². The van der Waals surface area contributed by atoms with Crippen molar-refractivity contribution < 1.29 is 22.7 Å². The van der Waals surface area contributed by atoms with Crippen molar-refractivity contribution in [1.29, 1.82) is 0 Å². The van der Waals surface area contributed by atoms with Crippen molar-refractivity contribution in [2.75, 3.05) is 16.8 Å². The number of thiophene rings is 1. The Morgan fingerprint density at radius 1 is 1.25 bits per heavy atom. The van der Waals surface area contributed by atoms with E-state index in [1.165, 1.54) is 11.3 Å². The summed E-state index contributed by atoms with van der Waals surface area (Å²) >= 11 is 1.44. The number of ether oxygens (including phenoxy) is 1. The minimum Gasteiger partial charge on any atom is -0.456 e. The molecule has 156 valence electrons. The zero-order valence-electron chi connectivity index (χ0n) is 17.0. The minimum absolute atomic E-state index is 0.0448. The van der Waals surface area contributed by atoms with Gasteiger partial charge >= 0.3 is 5.97 Å². The second kappa shape index (κ2) is 7.78. The van der Waals surface area contributed by atoms with Gasteiger partial charge in [-0.3, -0.25) is 4.79 Å². The van der Waals surface area contributed by atoms with Crippen molar-refractivity contribution in [2.24, 2.45) is 11.8 Å². The van der Waals surface area contributed by atoms with Crippen LogP contribution in [0.5, 0.6) is 0 Å². The molecular formula is C20H29NO5S2. The molecule has 1 fully saturated rings. The van der Waals surface area contributed by atoms with Crippen LogP contribution in [-0.2, 0) is 32.2 Å². The number of sulfone groups is 1. The van der Waals surface area contributed by atoms with Gasteiger partial charge in [0, 0.05) is 4.88 Å². The van der Waals surface area contributed by atoms with Gasteiger partial charge in [0.1, 0.15) is 10.6 Å². The van der Waals surface area contributed by atoms with Crippen LogP contribution in [0.3, 0.4) is 0 Å². The smallest absolute Gasteiger partial charge is 0.341 e. The van der Waals surface area contributed by atoms with E-state index in [1.807, 2.05) is 20.8 Å². The van der Waals surface area contributed by atoms with Gasteiger partial charge < -0.3 is 10.1 Å². The third kappa shape index (κ3) is 4.76. The molecule has 2 atom stereocenters. The minimum atomic E-state index is -3.15. The van der Waals surface area contributed by atoms with E-state index in [2.05, 4.69) is 12.2 Å². The molecule has 0 aromatic carbocycles. The summed E-state index contributed by atoms with van der Waals surface area (Å²) in [5.41, 5.74) is 0.810. The number of carbonyl (C=O) groups is 2. The van der Waals surface area contributed by atoms with Crippen molar-refractivity contribution in [2.45, 2.75) is 65.4 Å². The molecule has 1 aromatic rings. The summed E-state index contributed by atoms with van der Waals surface area (Å²) in [6.45, 7) is 7.62. The number of hydrogen-bond donors (Lipinski definition) is 1. The van der Waals surface area contributed by atoms with Crippen LogP contribution in [0.25, 0.3) is 0 Å². The number of hydrogen-bond acceptors (Lipinski definition) is 6. The highest BCUT2D eigenvalue weighted by atomic mass is 32.2. The van der Waals surface area contributed by atoms with E-state index in [1.54, 1.807) is 0 Å². The molecule has 2 unspecified atom stereocenters. The maximum Gasteiger partial charge on any atom is 0.341 e. The first-order valence-corrected chi connectivity index (χ1v) is 12.5. The van der Waals surface area contributed by atoms with Crippen LogP contribution in [0.1, 0.15) is 67.8 Å². The van der Waals surface area contributed by atoms with Gasteiger partial charge in [0.2, 0.25) is 5.91 Å². The topological polar surface area (TPSA) is 89.5 Å². The van der Waals surface area contributed by atoms with Crippen molar-refractivity contribution in [3.05, 3.63) is 16.0 Å². The number of anilines is 1. The lowest BCUT2D eigenvalue weighted by molar-refractivity contribution is -0.119. The van der Waals surface area contributed by atoms with Crippen LogP contribution < -0.4 is 5.32 Å². The lowest BCUT2D eigenvalue weighted by Crippen LogP contribution is -2.27. The molecule has 1 aliphatic heterocycles. The molecule has 1 amide bonds. The summed E-state index contributed by atoms with van der Waals surface area (Å²) in [6, 6.07) is 0. The molecule has 1 saturated heterocycles. The van der Waals surface area contributed by atoms with Gasteiger partial charge in [-0.2, -0.15) is 0 Å². The van der Waals surface area contributed by atoms with E-state index in [0.717, 1.165) is 36.1 Å². The van der Waals surface area contributed by atoms with Gasteiger partial charge in [0.25, 0.3) is 0 Å². The highest BCUT2D eigenvalue weighted by molar-refractivity contribution is 7.91. The normalized spacial score (nSPS) is 23.9. The van der Waals surface area contributed by atoms with Gasteiger partial charge in [-0.1, -0.05) is 13.3 Å². The summed E-state index contributed by atoms with van der Waals surface area (Å²) in [4.78, 5) is 26.7. The maximum absolute atomic E-state index is 12.9. The Labute approximate surface area is 171 Å².